The zero-order valence-electron chi connectivity index (χ0n) is 11.3. The van der Waals surface area contributed by atoms with Crippen LogP contribution in [0.4, 0.5) is 0 Å². The Balaban J connectivity index is 1.71. The highest BCUT2D eigenvalue weighted by Crippen LogP contribution is 2.50. The number of ether oxygens (including phenoxy) is 2. The number of epoxide rings is 2. The summed E-state index contributed by atoms with van der Waals surface area (Å²) in [4.78, 5) is 0. The lowest BCUT2D eigenvalue weighted by atomic mass is 9.88. The fraction of sp³-hybridized carbons (Fsp3) is 0.733. The van der Waals surface area contributed by atoms with Crippen LogP contribution in [0.5, 0.6) is 0 Å². The molecule has 2 fully saturated rings. The maximum atomic E-state index is 5.92. The summed E-state index contributed by atoms with van der Waals surface area (Å²) in [6.07, 6.45) is 6.76. The normalized spacial score (nSPS) is 45.7. The van der Waals surface area contributed by atoms with Gasteiger partial charge in [-0.15, -0.1) is 0 Å². The third-order valence-corrected chi connectivity index (χ3v) is 5.07. The molecule has 4 rings (SSSR count). The van der Waals surface area contributed by atoms with Gasteiger partial charge in [-0.1, -0.05) is 0 Å². The molecule has 18 heavy (non-hydrogen) atoms. The molecule has 0 N–H and O–H groups in total. The van der Waals surface area contributed by atoms with E-state index in [-0.39, 0.29) is 11.2 Å². The number of furan rings is 1. The Labute approximate surface area is 107 Å². The highest BCUT2D eigenvalue weighted by Gasteiger charge is 2.58. The summed E-state index contributed by atoms with van der Waals surface area (Å²) in [5.41, 5.74) is 2.67. The largest absolute Gasteiger partial charge is 0.469 e. The van der Waals surface area contributed by atoms with Crippen molar-refractivity contribution in [3.8, 4) is 0 Å². The molecule has 0 spiro atoms. The first-order valence-electron chi connectivity index (χ1n) is 6.92. The number of rotatable bonds is 0. The molecule has 2 saturated heterocycles. The van der Waals surface area contributed by atoms with Crippen LogP contribution < -0.4 is 0 Å². The maximum absolute atomic E-state index is 5.92. The molecule has 1 aromatic rings. The molecular weight excluding hydrogens is 228 g/mol. The molecule has 0 saturated carbocycles. The van der Waals surface area contributed by atoms with Crippen LogP contribution in [0, 0.1) is 6.92 Å². The Morgan fingerprint density at radius 3 is 2.78 bits per heavy atom. The minimum atomic E-state index is -0.00285. The number of hydrogen-bond donors (Lipinski definition) is 0. The lowest BCUT2D eigenvalue weighted by Crippen LogP contribution is -2.20. The van der Waals surface area contributed by atoms with Crippen LogP contribution in [0.3, 0.4) is 0 Å². The summed E-state index contributed by atoms with van der Waals surface area (Å²) in [5, 5.41) is 0. The summed E-state index contributed by atoms with van der Waals surface area (Å²) in [6.45, 7) is 6.56. The van der Waals surface area contributed by atoms with Crippen LogP contribution in [0.2, 0.25) is 0 Å². The minimum absolute atomic E-state index is 0.00285. The van der Waals surface area contributed by atoms with Crippen LogP contribution in [-0.4, -0.2) is 23.4 Å². The van der Waals surface area contributed by atoms with E-state index >= 15 is 0 Å². The monoisotopic (exact) mass is 248 g/mol. The first kappa shape index (κ1) is 11.1. The summed E-state index contributed by atoms with van der Waals surface area (Å²) < 4.78 is 17.6. The van der Waals surface area contributed by atoms with Gasteiger partial charge in [0, 0.05) is 12.8 Å². The van der Waals surface area contributed by atoms with Gasteiger partial charge >= 0.3 is 0 Å². The molecule has 98 valence electrons. The molecule has 1 aromatic heterocycles. The predicted octanol–water partition coefficient (Wildman–Crippen LogP) is 2.78. The molecule has 0 bridgehead atoms. The fourth-order valence-corrected chi connectivity index (χ4v) is 3.45. The van der Waals surface area contributed by atoms with E-state index in [4.69, 9.17) is 13.9 Å². The van der Waals surface area contributed by atoms with Crippen molar-refractivity contribution in [1.82, 2.24) is 0 Å². The second kappa shape index (κ2) is 3.20. The maximum Gasteiger partial charge on any atom is 0.110 e. The molecule has 0 radical (unpaired) electrons. The number of aryl methyl sites for hydroxylation is 1. The Kier molecular flexibility index (Phi) is 1.97. The second-order valence-electron chi connectivity index (χ2n) is 6.58. The first-order chi connectivity index (χ1) is 8.50. The van der Waals surface area contributed by atoms with E-state index in [1.165, 1.54) is 11.1 Å². The highest BCUT2D eigenvalue weighted by atomic mass is 16.6. The highest BCUT2D eigenvalue weighted by molar-refractivity contribution is 5.32. The average Bonchev–Trinajstić information content (AvgIpc) is 3.11. The van der Waals surface area contributed by atoms with Crippen molar-refractivity contribution in [2.75, 3.05) is 0 Å². The van der Waals surface area contributed by atoms with Gasteiger partial charge in [0.05, 0.1) is 29.7 Å². The van der Waals surface area contributed by atoms with Crippen molar-refractivity contribution in [3.63, 3.8) is 0 Å². The van der Waals surface area contributed by atoms with E-state index in [9.17, 15) is 0 Å². The molecule has 2 aliphatic heterocycles. The number of hydrogen-bond acceptors (Lipinski definition) is 3. The minimum Gasteiger partial charge on any atom is -0.469 e. The molecule has 3 nitrogen and oxygen atoms in total. The van der Waals surface area contributed by atoms with Gasteiger partial charge in [-0.3, -0.25) is 0 Å². The first-order valence-corrected chi connectivity index (χ1v) is 6.92. The van der Waals surface area contributed by atoms with E-state index in [0.29, 0.717) is 12.2 Å². The lowest BCUT2D eigenvalue weighted by molar-refractivity contribution is 0.268. The van der Waals surface area contributed by atoms with Crippen LogP contribution >= 0.6 is 0 Å². The van der Waals surface area contributed by atoms with Gasteiger partial charge < -0.3 is 13.9 Å². The standard InChI is InChI=1S/C15H20O3/c1-9-8-16-11-7-15(3)12(17-15)4-5-14(2)13(18-14)6-10(9)11/h8,12-13H,4-7H2,1-3H3/t12-,13-,14-,15+/m0/s1. The molecule has 3 heteroatoms. The SMILES string of the molecule is Cc1coc2c1C[C@@H]1O[C@@]1(C)CC[C@@H]1O[C@]1(C)C2. The van der Waals surface area contributed by atoms with Crippen LogP contribution in [-0.2, 0) is 22.3 Å². The van der Waals surface area contributed by atoms with Gasteiger partial charge in [0.15, 0.2) is 0 Å². The summed E-state index contributed by atoms with van der Waals surface area (Å²) in [6, 6.07) is 0. The van der Waals surface area contributed by atoms with Crippen molar-refractivity contribution in [1.29, 1.82) is 0 Å². The second-order valence-corrected chi connectivity index (χ2v) is 6.58. The van der Waals surface area contributed by atoms with Gasteiger partial charge in [-0.2, -0.15) is 0 Å². The Bertz CT molecular complexity index is 506. The Hall–Kier alpha value is -0.800. The van der Waals surface area contributed by atoms with Crippen molar-refractivity contribution in [2.24, 2.45) is 0 Å². The molecule has 0 aromatic carbocycles. The Morgan fingerprint density at radius 2 is 1.94 bits per heavy atom. The van der Waals surface area contributed by atoms with Crippen molar-refractivity contribution >= 4 is 0 Å². The zero-order valence-corrected chi connectivity index (χ0v) is 11.3. The quantitative estimate of drug-likeness (QED) is 0.663. The van der Waals surface area contributed by atoms with Gasteiger partial charge in [-0.25, -0.2) is 0 Å². The molecule has 4 atom stereocenters. The average molecular weight is 248 g/mol. The van der Waals surface area contributed by atoms with Gasteiger partial charge in [-0.05, 0) is 44.7 Å². The van der Waals surface area contributed by atoms with E-state index in [1.807, 2.05) is 6.26 Å². The van der Waals surface area contributed by atoms with Gasteiger partial charge in [0.25, 0.3) is 0 Å². The number of fused-ring (bicyclic) bond motifs is 3. The van der Waals surface area contributed by atoms with E-state index < -0.39 is 0 Å². The third kappa shape index (κ3) is 1.50. The molecule has 1 aliphatic carbocycles. The molecule has 3 heterocycles. The molecule has 0 unspecified atom stereocenters. The summed E-state index contributed by atoms with van der Waals surface area (Å²) in [7, 11) is 0. The van der Waals surface area contributed by atoms with E-state index in [2.05, 4.69) is 20.8 Å². The van der Waals surface area contributed by atoms with E-state index in [1.54, 1.807) is 0 Å². The van der Waals surface area contributed by atoms with Gasteiger partial charge in [0.1, 0.15) is 5.76 Å². The van der Waals surface area contributed by atoms with Crippen LogP contribution in [0.15, 0.2) is 10.7 Å². The van der Waals surface area contributed by atoms with Crippen LogP contribution in [0.25, 0.3) is 0 Å². The summed E-state index contributed by atoms with van der Waals surface area (Å²) in [5.74, 6) is 1.11. The van der Waals surface area contributed by atoms with Crippen molar-refractivity contribution < 1.29 is 13.9 Å². The Morgan fingerprint density at radius 1 is 1.17 bits per heavy atom. The van der Waals surface area contributed by atoms with E-state index in [0.717, 1.165) is 31.4 Å². The van der Waals surface area contributed by atoms with Gasteiger partial charge in [0.2, 0.25) is 0 Å². The van der Waals surface area contributed by atoms with Crippen molar-refractivity contribution in [3.05, 3.63) is 23.2 Å². The van der Waals surface area contributed by atoms with Crippen LogP contribution in [0.1, 0.15) is 43.6 Å². The lowest BCUT2D eigenvalue weighted by Gasteiger charge is -2.11. The third-order valence-electron chi connectivity index (χ3n) is 5.07. The molecular formula is C15H20O3. The smallest absolute Gasteiger partial charge is 0.110 e. The summed E-state index contributed by atoms with van der Waals surface area (Å²) >= 11 is 0. The molecule has 0 amide bonds. The van der Waals surface area contributed by atoms with Crippen molar-refractivity contribution in [2.45, 2.75) is 69.9 Å². The fourth-order valence-electron chi connectivity index (χ4n) is 3.45. The molecule has 3 aliphatic rings. The zero-order chi connectivity index (χ0) is 12.5. The topological polar surface area (TPSA) is 38.2 Å². The predicted molar refractivity (Wildman–Crippen MR) is 66.6 cm³/mol.